The Balaban J connectivity index is 2.58. The van der Waals surface area contributed by atoms with E-state index in [1.807, 2.05) is 0 Å². The Bertz CT molecular complexity index is 203. The standard InChI is InChI=1S/C11H21NO2/c1-7(2)9-5-4-8(3)6-10(9)14-11(12)13/h7-10H,4-6H2,1-3H3,(H2,12,13)/t8-,9+,10+/m0/s1. The quantitative estimate of drug-likeness (QED) is 0.743. The van der Waals surface area contributed by atoms with E-state index in [1.165, 1.54) is 6.42 Å². The van der Waals surface area contributed by atoms with Crippen molar-refractivity contribution in [1.82, 2.24) is 0 Å². The van der Waals surface area contributed by atoms with E-state index in [0.29, 0.717) is 17.8 Å². The molecule has 82 valence electrons. The lowest BCUT2D eigenvalue weighted by atomic mass is 9.75. The predicted molar refractivity (Wildman–Crippen MR) is 55.8 cm³/mol. The van der Waals surface area contributed by atoms with E-state index in [-0.39, 0.29) is 6.10 Å². The summed E-state index contributed by atoms with van der Waals surface area (Å²) in [6.07, 6.45) is 2.76. The Morgan fingerprint density at radius 1 is 1.43 bits per heavy atom. The van der Waals surface area contributed by atoms with Crippen molar-refractivity contribution < 1.29 is 9.53 Å². The van der Waals surface area contributed by atoms with Gasteiger partial charge in [0.1, 0.15) is 6.10 Å². The maximum atomic E-state index is 10.7. The van der Waals surface area contributed by atoms with E-state index in [1.54, 1.807) is 0 Å². The first-order valence-electron chi connectivity index (χ1n) is 5.46. The number of nitrogens with two attached hydrogens (primary N) is 1. The van der Waals surface area contributed by atoms with E-state index < -0.39 is 6.09 Å². The molecule has 0 aromatic heterocycles. The van der Waals surface area contributed by atoms with Gasteiger partial charge in [0.15, 0.2) is 0 Å². The largest absolute Gasteiger partial charge is 0.446 e. The lowest BCUT2D eigenvalue weighted by molar-refractivity contribution is 0.0105. The molecule has 1 aliphatic rings. The smallest absolute Gasteiger partial charge is 0.404 e. The van der Waals surface area contributed by atoms with Crippen molar-refractivity contribution in [3.63, 3.8) is 0 Å². The van der Waals surface area contributed by atoms with Crippen LogP contribution in [0, 0.1) is 17.8 Å². The van der Waals surface area contributed by atoms with Gasteiger partial charge in [-0.1, -0.05) is 27.2 Å². The molecule has 1 saturated carbocycles. The highest BCUT2D eigenvalue weighted by molar-refractivity contribution is 5.64. The minimum absolute atomic E-state index is 0.0382. The van der Waals surface area contributed by atoms with Gasteiger partial charge in [-0.15, -0.1) is 0 Å². The minimum Gasteiger partial charge on any atom is -0.446 e. The molecule has 2 N–H and O–H groups in total. The molecule has 0 aromatic carbocycles. The molecule has 3 atom stereocenters. The molecule has 0 aromatic rings. The molecular weight excluding hydrogens is 178 g/mol. The fourth-order valence-electron chi connectivity index (χ4n) is 2.40. The second-order valence-corrected chi connectivity index (χ2v) is 4.80. The fraction of sp³-hybridized carbons (Fsp3) is 0.909. The summed E-state index contributed by atoms with van der Waals surface area (Å²) in [7, 11) is 0. The van der Waals surface area contributed by atoms with E-state index in [9.17, 15) is 4.79 Å². The summed E-state index contributed by atoms with van der Waals surface area (Å²) in [5.74, 6) is 1.69. The molecule has 0 saturated heterocycles. The van der Waals surface area contributed by atoms with Gasteiger partial charge in [0.25, 0.3) is 0 Å². The molecule has 3 heteroatoms. The fourth-order valence-corrected chi connectivity index (χ4v) is 2.40. The van der Waals surface area contributed by atoms with Crippen LogP contribution < -0.4 is 5.73 Å². The summed E-state index contributed by atoms with van der Waals surface area (Å²) in [4.78, 5) is 10.7. The van der Waals surface area contributed by atoms with Crippen LogP contribution in [0.1, 0.15) is 40.0 Å². The molecule has 14 heavy (non-hydrogen) atoms. The van der Waals surface area contributed by atoms with Crippen LogP contribution in [0.15, 0.2) is 0 Å². The predicted octanol–water partition coefficient (Wildman–Crippen LogP) is 2.54. The van der Waals surface area contributed by atoms with Gasteiger partial charge in [0.2, 0.25) is 0 Å². The number of carbonyl (C=O) groups excluding carboxylic acids is 1. The molecule has 0 aliphatic heterocycles. The van der Waals surface area contributed by atoms with Crippen LogP contribution in [-0.2, 0) is 4.74 Å². The summed E-state index contributed by atoms with van der Waals surface area (Å²) in [5.41, 5.74) is 5.07. The first-order valence-corrected chi connectivity index (χ1v) is 5.46. The van der Waals surface area contributed by atoms with Crippen LogP contribution in [0.3, 0.4) is 0 Å². The topological polar surface area (TPSA) is 52.3 Å². The zero-order valence-corrected chi connectivity index (χ0v) is 9.32. The highest BCUT2D eigenvalue weighted by atomic mass is 16.6. The van der Waals surface area contributed by atoms with Crippen LogP contribution in [-0.4, -0.2) is 12.2 Å². The SMILES string of the molecule is CC(C)[C@H]1CC[C@H](C)C[C@H]1OC(N)=O. The average molecular weight is 199 g/mol. The van der Waals surface area contributed by atoms with Gasteiger partial charge in [0, 0.05) is 0 Å². The third-order valence-electron chi connectivity index (χ3n) is 3.23. The highest BCUT2D eigenvalue weighted by Crippen LogP contribution is 2.35. The monoisotopic (exact) mass is 199 g/mol. The van der Waals surface area contributed by atoms with Crippen molar-refractivity contribution in [3.05, 3.63) is 0 Å². The van der Waals surface area contributed by atoms with Crippen molar-refractivity contribution in [2.75, 3.05) is 0 Å². The zero-order valence-electron chi connectivity index (χ0n) is 9.32. The number of primary amides is 1. The molecule has 0 spiro atoms. The molecule has 0 unspecified atom stereocenters. The lowest BCUT2D eigenvalue weighted by Crippen LogP contribution is -2.37. The van der Waals surface area contributed by atoms with Gasteiger partial charge in [-0.25, -0.2) is 4.79 Å². The minimum atomic E-state index is -0.630. The number of amides is 1. The van der Waals surface area contributed by atoms with Crippen LogP contribution >= 0.6 is 0 Å². The summed E-state index contributed by atoms with van der Waals surface area (Å²) in [5, 5.41) is 0. The average Bonchev–Trinajstić information content (AvgIpc) is 2.01. The maximum absolute atomic E-state index is 10.7. The Kier molecular flexibility index (Phi) is 3.78. The van der Waals surface area contributed by atoms with Gasteiger partial charge >= 0.3 is 6.09 Å². The van der Waals surface area contributed by atoms with Crippen molar-refractivity contribution in [2.45, 2.75) is 46.1 Å². The van der Waals surface area contributed by atoms with Crippen LogP contribution in [0.25, 0.3) is 0 Å². The van der Waals surface area contributed by atoms with Crippen molar-refractivity contribution in [2.24, 2.45) is 23.5 Å². The van der Waals surface area contributed by atoms with E-state index >= 15 is 0 Å². The van der Waals surface area contributed by atoms with Gasteiger partial charge in [0.05, 0.1) is 0 Å². The molecule has 1 aliphatic carbocycles. The second-order valence-electron chi connectivity index (χ2n) is 4.80. The lowest BCUT2D eigenvalue weighted by Gasteiger charge is -2.36. The summed E-state index contributed by atoms with van der Waals surface area (Å²) >= 11 is 0. The second kappa shape index (κ2) is 4.67. The molecule has 1 rings (SSSR count). The Hall–Kier alpha value is -0.730. The number of carbonyl (C=O) groups is 1. The highest BCUT2D eigenvalue weighted by Gasteiger charge is 2.32. The van der Waals surface area contributed by atoms with Crippen LogP contribution in [0.5, 0.6) is 0 Å². The summed E-state index contributed by atoms with van der Waals surface area (Å²) in [6.45, 7) is 6.56. The molecule has 0 heterocycles. The third kappa shape index (κ3) is 2.89. The van der Waals surface area contributed by atoms with Crippen molar-refractivity contribution in [3.8, 4) is 0 Å². The number of hydrogen-bond acceptors (Lipinski definition) is 2. The van der Waals surface area contributed by atoms with E-state index in [0.717, 1.165) is 12.8 Å². The Morgan fingerprint density at radius 2 is 2.07 bits per heavy atom. The maximum Gasteiger partial charge on any atom is 0.404 e. The van der Waals surface area contributed by atoms with Crippen molar-refractivity contribution in [1.29, 1.82) is 0 Å². The first-order chi connectivity index (χ1) is 6.50. The Morgan fingerprint density at radius 3 is 2.57 bits per heavy atom. The molecule has 0 radical (unpaired) electrons. The van der Waals surface area contributed by atoms with E-state index in [4.69, 9.17) is 10.5 Å². The first kappa shape index (κ1) is 11.3. The molecule has 1 amide bonds. The van der Waals surface area contributed by atoms with Crippen LogP contribution in [0.2, 0.25) is 0 Å². The molecule has 0 bridgehead atoms. The normalized spacial score (nSPS) is 33.0. The van der Waals surface area contributed by atoms with E-state index in [2.05, 4.69) is 20.8 Å². The summed E-state index contributed by atoms with van der Waals surface area (Å²) in [6, 6.07) is 0. The van der Waals surface area contributed by atoms with Gasteiger partial charge in [-0.05, 0) is 30.6 Å². The summed E-state index contributed by atoms with van der Waals surface area (Å²) < 4.78 is 5.17. The number of hydrogen-bond donors (Lipinski definition) is 1. The third-order valence-corrected chi connectivity index (χ3v) is 3.23. The van der Waals surface area contributed by atoms with Crippen molar-refractivity contribution >= 4 is 6.09 Å². The van der Waals surface area contributed by atoms with Gasteiger partial charge in [-0.2, -0.15) is 0 Å². The van der Waals surface area contributed by atoms with Crippen LogP contribution in [0.4, 0.5) is 4.79 Å². The molecular formula is C11H21NO2. The zero-order chi connectivity index (χ0) is 10.7. The number of ether oxygens (including phenoxy) is 1. The molecule has 3 nitrogen and oxygen atoms in total. The number of rotatable bonds is 2. The van der Waals surface area contributed by atoms with Gasteiger partial charge < -0.3 is 10.5 Å². The van der Waals surface area contributed by atoms with Gasteiger partial charge in [-0.3, -0.25) is 0 Å². The molecule has 1 fully saturated rings. The Labute approximate surface area is 86.0 Å².